The summed E-state index contributed by atoms with van der Waals surface area (Å²) in [6.07, 6.45) is 1.91. The minimum absolute atomic E-state index is 0.166. The summed E-state index contributed by atoms with van der Waals surface area (Å²) in [6.45, 7) is 3.69. The summed E-state index contributed by atoms with van der Waals surface area (Å²) in [6, 6.07) is 17.9. The fourth-order valence-corrected chi connectivity index (χ4v) is 4.66. The van der Waals surface area contributed by atoms with E-state index in [9.17, 15) is 0 Å². The molecule has 8 nitrogen and oxygen atoms in total. The molecule has 0 spiro atoms. The lowest BCUT2D eigenvalue weighted by molar-refractivity contribution is 0.311. The molecule has 1 unspecified atom stereocenters. The van der Waals surface area contributed by atoms with E-state index in [4.69, 9.17) is 21.6 Å². The highest BCUT2D eigenvalue weighted by Gasteiger charge is 2.21. The second kappa shape index (κ2) is 9.96. The molecule has 0 aliphatic carbocycles. The summed E-state index contributed by atoms with van der Waals surface area (Å²) < 4.78 is 0. The van der Waals surface area contributed by atoms with Crippen molar-refractivity contribution in [2.75, 3.05) is 43.4 Å². The molecule has 1 saturated heterocycles. The second-order valence-electron chi connectivity index (χ2n) is 7.90. The van der Waals surface area contributed by atoms with Gasteiger partial charge in [-0.2, -0.15) is 15.0 Å². The monoisotopic (exact) mass is 480 g/mol. The summed E-state index contributed by atoms with van der Waals surface area (Å²) in [7, 11) is 2.13. The zero-order chi connectivity index (χ0) is 22.6. The molecule has 3 N–H and O–H groups in total. The Hall–Kier alpha value is -2.85. The molecular formula is C23H25ClN8S. The van der Waals surface area contributed by atoms with Gasteiger partial charge in [-0.1, -0.05) is 54.1 Å². The Morgan fingerprint density at radius 3 is 2.52 bits per heavy atom. The third kappa shape index (κ3) is 5.39. The van der Waals surface area contributed by atoms with Crippen LogP contribution >= 0.6 is 23.4 Å². The molecule has 2 aliphatic heterocycles. The van der Waals surface area contributed by atoms with E-state index in [1.54, 1.807) is 0 Å². The Morgan fingerprint density at radius 2 is 1.73 bits per heavy atom. The maximum atomic E-state index is 6.38. The van der Waals surface area contributed by atoms with Gasteiger partial charge in [0.2, 0.25) is 11.9 Å². The van der Waals surface area contributed by atoms with Gasteiger partial charge >= 0.3 is 0 Å². The zero-order valence-corrected chi connectivity index (χ0v) is 19.8. The van der Waals surface area contributed by atoms with Gasteiger partial charge in [0.25, 0.3) is 0 Å². The number of nitrogens with zero attached hydrogens (tertiary/aromatic N) is 5. The fraction of sp³-hybridized carbons (Fsp3) is 0.261. The lowest BCUT2D eigenvalue weighted by Crippen LogP contribution is -2.45. The highest BCUT2D eigenvalue weighted by molar-refractivity contribution is 7.99. The number of rotatable bonds is 6. The SMILES string of the molecule is CN1CCN(c2nc(NC3C=C(c4ccccc4)NN3)nc(Sc3ccccc3Cl)n2)CC1. The van der Waals surface area contributed by atoms with Gasteiger partial charge in [-0.3, -0.25) is 0 Å². The molecule has 0 radical (unpaired) electrons. The van der Waals surface area contributed by atoms with Crippen LogP contribution in [0, 0.1) is 0 Å². The number of hydrogen-bond acceptors (Lipinski definition) is 9. The number of aromatic nitrogens is 3. The summed E-state index contributed by atoms with van der Waals surface area (Å²) in [5, 5.41) is 4.65. The largest absolute Gasteiger partial charge is 0.338 e. The number of likely N-dealkylation sites (N-methyl/N-ethyl adjacent to an activating group) is 1. The van der Waals surface area contributed by atoms with Crippen LogP contribution < -0.4 is 21.1 Å². The van der Waals surface area contributed by atoms with Crippen molar-refractivity contribution in [3.63, 3.8) is 0 Å². The number of anilines is 2. The third-order valence-electron chi connectivity index (χ3n) is 5.49. The highest BCUT2D eigenvalue weighted by atomic mass is 35.5. The van der Waals surface area contributed by atoms with E-state index in [-0.39, 0.29) is 6.17 Å². The lowest BCUT2D eigenvalue weighted by atomic mass is 10.1. The van der Waals surface area contributed by atoms with Gasteiger partial charge in [0.15, 0.2) is 5.16 Å². The van der Waals surface area contributed by atoms with Crippen LogP contribution in [0.2, 0.25) is 5.02 Å². The van der Waals surface area contributed by atoms with Crippen LogP contribution in [0.4, 0.5) is 11.9 Å². The van der Waals surface area contributed by atoms with Crippen LogP contribution in [0.3, 0.4) is 0 Å². The third-order valence-corrected chi connectivity index (χ3v) is 6.87. The van der Waals surface area contributed by atoms with E-state index in [1.807, 2.05) is 42.5 Å². The number of halogens is 1. The summed E-state index contributed by atoms with van der Waals surface area (Å²) >= 11 is 7.82. The minimum Gasteiger partial charge on any atom is -0.338 e. The van der Waals surface area contributed by atoms with Crippen molar-refractivity contribution < 1.29 is 0 Å². The first-order valence-electron chi connectivity index (χ1n) is 10.8. The van der Waals surface area contributed by atoms with Crippen LogP contribution in [0.15, 0.2) is 70.7 Å². The quantitative estimate of drug-likeness (QED) is 0.492. The van der Waals surface area contributed by atoms with Crippen molar-refractivity contribution in [1.29, 1.82) is 0 Å². The minimum atomic E-state index is -0.166. The van der Waals surface area contributed by atoms with Gasteiger partial charge in [-0.05, 0) is 42.6 Å². The Morgan fingerprint density at radius 1 is 0.970 bits per heavy atom. The average molecular weight is 481 g/mol. The topological polar surface area (TPSA) is 81.2 Å². The number of piperazine rings is 1. The predicted molar refractivity (Wildman–Crippen MR) is 133 cm³/mol. The molecule has 0 amide bonds. The standard InChI is InChI=1S/C23H25ClN8S/c1-31-11-13-32(14-12-31)22-26-21(27-23(28-22)33-19-10-6-5-9-17(19)24)25-20-15-18(29-30-20)16-7-3-2-4-8-16/h2-10,15,20,29-30H,11-14H2,1H3,(H,25,26,27,28). The molecule has 3 heterocycles. The van der Waals surface area contributed by atoms with Crippen LogP contribution in [0.5, 0.6) is 0 Å². The average Bonchev–Trinajstić information content (AvgIpc) is 3.30. The van der Waals surface area contributed by atoms with Crippen molar-refractivity contribution in [2.45, 2.75) is 16.2 Å². The lowest BCUT2D eigenvalue weighted by Gasteiger charge is -2.32. The van der Waals surface area contributed by atoms with Gasteiger partial charge in [-0.15, -0.1) is 0 Å². The predicted octanol–water partition coefficient (Wildman–Crippen LogP) is 3.31. The van der Waals surface area contributed by atoms with Gasteiger partial charge in [0.1, 0.15) is 6.17 Å². The summed E-state index contributed by atoms with van der Waals surface area (Å²) in [5.74, 6) is 1.19. The number of hydrogen-bond donors (Lipinski definition) is 3. The van der Waals surface area contributed by atoms with Crippen LogP contribution in [-0.2, 0) is 0 Å². The number of benzene rings is 2. The number of hydrazine groups is 1. The van der Waals surface area contributed by atoms with E-state index in [0.717, 1.165) is 42.3 Å². The summed E-state index contributed by atoms with van der Waals surface area (Å²) in [4.78, 5) is 19.6. The molecule has 10 heteroatoms. The molecule has 1 aromatic heterocycles. The van der Waals surface area contributed by atoms with Crippen LogP contribution in [0.1, 0.15) is 5.56 Å². The molecule has 33 heavy (non-hydrogen) atoms. The maximum Gasteiger partial charge on any atom is 0.231 e. The molecule has 170 valence electrons. The smallest absolute Gasteiger partial charge is 0.231 e. The van der Waals surface area contributed by atoms with Crippen molar-refractivity contribution >= 4 is 41.0 Å². The normalized spacial score (nSPS) is 18.7. The molecule has 0 bridgehead atoms. The second-order valence-corrected chi connectivity index (χ2v) is 9.32. The van der Waals surface area contributed by atoms with Crippen molar-refractivity contribution in [3.05, 3.63) is 71.3 Å². The Labute approximate surface area is 202 Å². The van der Waals surface area contributed by atoms with E-state index in [1.165, 1.54) is 11.8 Å². The van der Waals surface area contributed by atoms with Crippen molar-refractivity contribution in [3.8, 4) is 0 Å². The molecule has 5 rings (SSSR count). The number of nitrogens with one attached hydrogen (secondary N) is 3. The molecule has 1 atom stereocenters. The first-order valence-corrected chi connectivity index (χ1v) is 12.0. The first kappa shape index (κ1) is 22.0. The van der Waals surface area contributed by atoms with Gasteiger partial charge in [0.05, 0.1) is 10.7 Å². The molecular weight excluding hydrogens is 456 g/mol. The van der Waals surface area contributed by atoms with Crippen molar-refractivity contribution in [2.24, 2.45) is 0 Å². The van der Waals surface area contributed by atoms with Crippen molar-refractivity contribution in [1.82, 2.24) is 30.7 Å². The van der Waals surface area contributed by atoms with E-state index >= 15 is 0 Å². The van der Waals surface area contributed by atoms with Gasteiger partial charge in [-0.25, -0.2) is 5.43 Å². The molecule has 2 aliphatic rings. The van der Waals surface area contributed by atoms with E-state index in [2.05, 4.69) is 56.2 Å². The Bertz CT molecular complexity index is 1130. The Kier molecular flexibility index (Phi) is 6.63. The molecule has 2 aromatic carbocycles. The summed E-state index contributed by atoms with van der Waals surface area (Å²) in [5.41, 5.74) is 8.58. The van der Waals surface area contributed by atoms with Crippen LogP contribution in [-0.4, -0.2) is 59.2 Å². The molecule has 1 fully saturated rings. The van der Waals surface area contributed by atoms with E-state index in [0.29, 0.717) is 22.1 Å². The van der Waals surface area contributed by atoms with Gasteiger partial charge in [0, 0.05) is 31.1 Å². The first-order chi connectivity index (χ1) is 16.1. The van der Waals surface area contributed by atoms with Gasteiger partial charge < -0.3 is 20.5 Å². The van der Waals surface area contributed by atoms with Crippen LogP contribution in [0.25, 0.3) is 5.70 Å². The highest BCUT2D eigenvalue weighted by Crippen LogP contribution is 2.32. The fourth-order valence-electron chi connectivity index (χ4n) is 3.64. The Balaban J connectivity index is 1.40. The van der Waals surface area contributed by atoms with E-state index < -0.39 is 0 Å². The molecule has 0 saturated carbocycles. The maximum absolute atomic E-state index is 6.38. The zero-order valence-electron chi connectivity index (χ0n) is 18.2. The molecule has 3 aromatic rings.